The number of allylic oxidation sites excluding steroid dienone is 2. The zero-order chi connectivity index (χ0) is 15.8. The van der Waals surface area contributed by atoms with Gasteiger partial charge in [-0.3, -0.25) is 9.59 Å². The molecule has 1 aromatic carbocycles. The summed E-state index contributed by atoms with van der Waals surface area (Å²) in [4.78, 5) is 24.0. The second-order valence-electron chi connectivity index (χ2n) is 6.67. The summed E-state index contributed by atoms with van der Waals surface area (Å²) < 4.78 is 0. The van der Waals surface area contributed by atoms with Gasteiger partial charge in [-0.1, -0.05) is 30.4 Å². The van der Waals surface area contributed by atoms with E-state index in [1.54, 1.807) is 12.1 Å². The second-order valence-corrected chi connectivity index (χ2v) is 6.67. The molecular formula is C18H19N3O2. The second kappa shape index (κ2) is 5.72. The fourth-order valence-corrected chi connectivity index (χ4v) is 3.99. The highest BCUT2D eigenvalue weighted by molar-refractivity contribution is 5.97. The number of nitrogens with one attached hydrogen (secondary N) is 1. The molecule has 4 unspecified atom stereocenters. The van der Waals surface area contributed by atoms with E-state index in [1.165, 1.54) is 12.8 Å². The van der Waals surface area contributed by atoms with Crippen LogP contribution in [0.3, 0.4) is 0 Å². The number of benzene rings is 1. The predicted octanol–water partition coefficient (Wildman–Crippen LogP) is 3.05. The lowest BCUT2D eigenvalue weighted by molar-refractivity contribution is -0.121. The largest absolute Gasteiger partial charge is 0.356 e. The molecule has 2 amide bonds. The highest BCUT2D eigenvalue weighted by atomic mass is 16.2. The van der Waals surface area contributed by atoms with Crippen LogP contribution in [-0.4, -0.2) is 18.4 Å². The summed E-state index contributed by atoms with van der Waals surface area (Å²) in [5.74, 6) is 1.56. The Morgan fingerprint density at radius 1 is 1.22 bits per heavy atom. The van der Waals surface area contributed by atoms with Gasteiger partial charge in [0.2, 0.25) is 5.91 Å². The van der Waals surface area contributed by atoms with Crippen LogP contribution in [0.1, 0.15) is 41.2 Å². The molecule has 1 fully saturated rings. The van der Waals surface area contributed by atoms with Crippen LogP contribution in [0.4, 0.5) is 0 Å². The van der Waals surface area contributed by atoms with Crippen LogP contribution < -0.4 is 5.32 Å². The topological polar surface area (TPSA) is 70.9 Å². The van der Waals surface area contributed by atoms with Crippen molar-refractivity contribution in [2.45, 2.75) is 25.3 Å². The molecule has 0 aromatic heterocycles. The first kappa shape index (κ1) is 14.3. The zero-order valence-electron chi connectivity index (χ0n) is 12.8. The van der Waals surface area contributed by atoms with E-state index in [0.717, 1.165) is 12.1 Å². The minimum atomic E-state index is -0.358. The van der Waals surface area contributed by atoms with Crippen LogP contribution in [0, 0.1) is 17.8 Å². The molecular weight excluding hydrogens is 290 g/mol. The molecule has 2 aliphatic carbocycles. The first-order valence-corrected chi connectivity index (χ1v) is 8.20. The van der Waals surface area contributed by atoms with Crippen molar-refractivity contribution in [2.24, 2.45) is 28.0 Å². The highest BCUT2D eigenvalue weighted by Gasteiger charge is 2.35. The lowest BCUT2D eigenvalue weighted by Gasteiger charge is -2.20. The maximum Gasteiger partial charge on any atom is 0.295 e. The molecule has 0 saturated heterocycles. The van der Waals surface area contributed by atoms with Crippen LogP contribution in [0.15, 0.2) is 46.6 Å². The number of fused-ring (bicyclic) bond motifs is 3. The Hall–Kier alpha value is -2.30. The monoisotopic (exact) mass is 309 g/mol. The third kappa shape index (κ3) is 2.71. The van der Waals surface area contributed by atoms with E-state index in [0.29, 0.717) is 23.3 Å². The number of nitrogens with zero attached hydrogens (tertiary/aromatic N) is 2. The molecule has 1 saturated carbocycles. The molecule has 1 aromatic rings. The van der Waals surface area contributed by atoms with Gasteiger partial charge in [0, 0.05) is 12.1 Å². The zero-order valence-corrected chi connectivity index (χ0v) is 12.8. The van der Waals surface area contributed by atoms with Crippen molar-refractivity contribution in [3.8, 4) is 0 Å². The standard InChI is InChI=1S/C18H19N3O2/c22-17(19-10-13-8-11-5-6-12(13)7-11)9-16-14-3-1-2-4-15(14)18(23)21-20-16/h1-6,11-13,16H,7-10H2,(H,19,22). The van der Waals surface area contributed by atoms with Gasteiger partial charge in [0.25, 0.3) is 5.91 Å². The molecule has 5 heteroatoms. The fourth-order valence-electron chi connectivity index (χ4n) is 3.99. The molecule has 0 radical (unpaired) electrons. The van der Waals surface area contributed by atoms with Crippen LogP contribution in [0.5, 0.6) is 0 Å². The summed E-state index contributed by atoms with van der Waals surface area (Å²) in [5.41, 5.74) is 1.35. The third-order valence-electron chi connectivity index (χ3n) is 5.19. The van der Waals surface area contributed by atoms with E-state index in [-0.39, 0.29) is 24.3 Å². The number of azo groups is 1. The van der Waals surface area contributed by atoms with E-state index in [4.69, 9.17) is 0 Å². The van der Waals surface area contributed by atoms with Gasteiger partial charge in [0.05, 0.1) is 6.42 Å². The summed E-state index contributed by atoms with van der Waals surface area (Å²) in [5, 5.41) is 10.7. The molecule has 2 bridgehead atoms. The van der Waals surface area contributed by atoms with Gasteiger partial charge in [-0.2, -0.15) is 5.11 Å². The Bertz CT molecular complexity index is 710. The van der Waals surface area contributed by atoms with Crippen molar-refractivity contribution in [1.29, 1.82) is 0 Å². The lowest BCUT2D eigenvalue weighted by Crippen LogP contribution is -2.32. The maximum absolute atomic E-state index is 12.2. The number of hydrogen-bond donors (Lipinski definition) is 1. The van der Waals surface area contributed by atoms with Crippen LogP contribution in [-0.2, 0) is 4.79 Å². The molecule has 0 spiro atoms. The SMILES string of the molecule is O=C(CC1N=NC(=O)c2ccccc21)NCC1CC2C=CC1C2. The molecule has 1 aliphatic heterocycles. The minimum Gasteiger partial charge on any atom is -0.356 e. The quantitative estimate of drug-likeness (QED) is 0.868. The van der Waals surface area contributed by atoms with Crippen molar-refractivity contribution in [3.63, 3.8) is 0 Å². The molecule has 4 rings (SSSR count). The van der Waals surface area contributed by atoms with Crippen LogP contribution in [0.2, 0.25) is 0 Å². The lowest BCUT2D eigenvalue weighted by atomic mass is 9.93. The number of amides is 2. The molecule has 1 N–H and O–H groups in total. The van der Waals surface area contributed by atoms with Crippen molar-refractivity contribution in [3.05, 3.63) is 47.5 Å². The normalized spacial score (nSPS) is 30.5. The number of hydrogen-bond acceptors (Lipinski definition) is 3. The Balaban J connectivity index is 1.36. The van der Waals surface area contributed by atoms with Gasteiger partial charge in [-0.25, -0.2) is 0 Å². The summed E-state index contributed by atoms with van der Waals surface area (Å²) in [6, 6.07) is 6.90. The Kier molecular flexibility index (Phi) is 3.56. The maximum atomic E-state index is 12.2. The van der Waals surface area contributed by atoms with E-state index >= 15 is 0 Å². The van der Waals surface area contributed by atoms with Gasteiger partial charge in [-0.15, -0.1) is 5.11 Å². The molecule has 3 aliphatic rings. The minimum absolute atomic E-state index is 0.0233. The van der Waals surface area contributed by atoms with Crippen LogP contribution >= 0.6 is 0 Å². The molecule has 23 heavy (non-hydrogen) atoms. The van der Waals surface area contributed by atoms with Gasteiger partial charge >= 0.3 is 0 Å². The summed E-state index contributed by atoms with van der Waals surface area (Å²) in [7, 11) is 0. The molecule has 118 valence electrons. The van der Waals surface area contributed by atoms with E-state index in [2.05, 4.69) is 27.7 Å². The summed E-state index contributed by atoms with van der Waals surface area (Å²) in [6.07, 6.45) is 7.26. The van der Waals surface area contributed by atoms with E-state index in [9.17, 15) is 9.59 Å². The first-order chi connectivity index (χ1) is 11.2. The molecule has 1 heterocycles. The third-order valence-corrected chi connectivity index (χ3v) is 5.19. The molecule has 5 nitrogen and oxygen atoms in total. The van der Waals surface area contributed by atoms with E-state index in [1.807, 2.05) is 12.1 Å². The van der Waals surface area contributed by atoms with E-state index < -0.39 is 0 Å². The summed E-state index contributed by atoms with van der Waals surface area (Å²) >= 11 is 0. The predicted molar refractivity (Wildman–Crippen MR) is 84.8 cm³/mol. The van der Waals surface area contributed by atoms with Crippen molar-refractivity contribution >= 4 is 11.8 Å². The number of rotatable bonds is 4. The summed E-state index contributed by atoms with van der Waals surface area (Å²) in [6.45, 7) is 0.731. The highest BCUT2D eigenvalue weighted by Crippen LogP contribution is 2.43. The number of carbonyl (C=O) groups excluding carboxylic acids is 2. The molecule has 4 atom stereocenters. The van der Waals surface area contributed by atoms with Crippen molar-refractivity contribution in [1.82, 2.24) is 5.32 Å². The average Bonchev–Trinajstić information content (AvgIpc) is 3.19. The smallest absolute Gasteiger partial charge is 0.295 e. The first-order valence-electron chi connectivity index (χ1n) is 8.20. The van der Waals surface area contributed by atoms with Gasteiger partial charge in [-0.05, 0) is 42.2 Å². The average molecular weight is 309 g/mol. The fraction of sp³-hybridized carbons (Fsp3) is 0.444. The van der Waals surface area contributed by atoms with Gasteiger partial charge < -0.3 is 5.32 Å². The van der Waals surface area contributed by atoms with Gasteiger partial charge in [0.15, 0.2) is 0 Å². The van der Waals surface area contributed by atoms with Crippen molar-refractivity contribution < 1.29 is 9.59 Å². The Morgan fingerprint density at radius 3 is 2.87 bits per heavy atom. The Morgan fingerprint density at radius 2 is 2.09 bits per heavy atom. The Labute approximate surface area is 134 Å². The van der Waals surface area contributed by atoms with Crippen molar-refractivity contribution in [2.75, 3.05) is 6.54 Å². The van der Waals surface area contributed by atoms with Gasteiger partial charge in [0.1, 0.15) is 6.04 Å². The van der Waals surface area contributed by atoms with Crippen LogP contribution in [0.25, 0.3) is 0 Å². The number of carbonyl (C=O) groups is 2.